The number of hydrogen-bond acceptors (Lipinski definition) is 4. The van der Waals surface area contributed by atoms with Crippen LogP contribution in [0.15, 0.2) is 23.6 Å². The predicted octanol–water partition coefficient (Wildman–Crippen LogP) is 1.79. The van der Waals surface area contributed by atoms with Crippen molar-refractivity contribution in [3.63, 3.8) is 0 Å². The second-order valence-electron chi connectivity index (χ2n) is 2.79. The van der Waals surface area contributed by atoms with Gasteiger partial charge in [0.1, 0.15) is 5.38 Å². The minimum atomic E-state index is 0.0561. The Balaban J connectivity index is 2.60. The molecule has 0 fully saturated rings. The van der Waals surface area contributed by atoms with E-state index in [-0.39, 0.29) is 5.88 Å². The average molecular weight is 244 g/mol. The fraction of sp³-hybridized carbons (Fsp3) is 0.111. The van der Waals surface area contributed by atoms with Gasteiger partial charge in [-0.25, -0.2) is 0 Å². The van der Waals surface area contributed by atoms with Crippen molar-refractivity contribution in [1.82, 2.24) is 4.49 Å². The third-order valence-corrected chi connectivity index (χ3v) is 2.68. The Bertz CT molecular complexity index is 487. The van der Waals surface area contributed by atoms with E-state index in [4.69, 9.17) is 16.3 Å². The maximum atomic E-state index is 9.53. The highest BCUT2D eigenvalue weighted by atomic mass is 35.5. The van der Waals surface area contributed by atoms with Gasteiger partial charge in [-0.1, -0.05) is 11.6 Å². The number of nitrogens with zero attached hydrogens (tertiary/aromatic N) is 2. The number of aromatic nitrogens is 2. The van der Waals surface area contributed by atoms with Gasteiger partial charge in [-0.2, -0.15) is 0 Å². The maximum absolute atomic E-state index is 9.53. The van der Waals surface area contributed by atoms with Crippen LogP contribution >= 0.6 is 23.1 Å². The Morgan fingerprint density at radius 1 is 1.53 bits per heavy atom. The second kappa shape index (κ2) is 4.04. The van der Waals surface area contributed by atoms with Crippen LogP contribution in [0.25, 0.3) is 5.69 Å². The number of methoxy groups -OCH3 is 1. The van der Waals surface area contributed by atoms with Crippen LogP contribution in [0.4, 0.5) is 0 Å². The van der Waals surface area contributed by atoms with E-state index >= 15 is 0 Å². The monoisotopic (exact) mass is 243 g/mol. The van der Waals surface area contributed by atoms with Gasteiger partial charge >= 0.3 is 5.88 Å². The molecule has 0 aliphatic rings. The molecule has 15 heavy (non-hydrogen) atoms. The molecule has 0 radical (unpaired) electrons. The summed E-state index contributed by atoms with van der Waals surface area (Å²) in [5.74, 6) is 0.658. The summed E-state index contributed by atoms with van der Waals surface area (Å²) in [7, 11) is 1.55. The fourth-order valence-electron chi connectivity index (χ4n) is 1.21. The second-order valence-corrected chi connectivity index (χ2v) is 3.84. The molecule has 6 heteroatoms. The standard InChI is InChI=1S/C9H7ClN2O2S/c1-14-8-3-2-6(10)4-7(8)12-9(13)5-15-11-12/h2-5H,1H3/p+1. The van der Waals surface area contributed by atoms with Gasteiger partial charge in [-0.05, 0) is 12.1 Å². The minimum Gasteiger partial charge on any atom is -0.490 e. The molecule has 0 unspecified atom stereocenters. The van der Waals surface area contributed by atoms with Crippen molar-refractivity contribution < 1.29 is 14.5 Å². The van der Waals surface area contributed by atoms with E-state index in [0.717, 1.165) is 11.5 Å². The Hall–Kier alpha value is -1.33. The lowest BCUT2D eigenvalue weighted by Crippen LogP contribution is -2.32. The van der Waals surface area contributed by atoms with Crippen molar-refractivity contribution in [2.24, 2.45) is 0 Å². The van der Waals surface area contributed by atoms with Crippen LogP contribution in [0.2, 0.25) is 5.02 Å². The molecule has 0 aliphatic heterocycles. The number of aromatic hydroxyl groups is 1. The summed E-state index contributed by atoms with van der Waals surface area (Å²) in [6, 6.07) is 5.12. The van der Waals surface area contributed by atoms with E-state index in [1.54, 1.807) is 25.3 Å². The minimum absolute atomic E-state index is 0.0561. The smallest absolute Gasteiger partial charge is 0.410 e. The van der Waals surface area contributed by atoms with Crippen LogP contribution in [0.1, 0.15) is 0 Å². The first-order chi connectivity index (χ1) is 7.22. The van der Waals surface area contributed by atoms with Gasteiger partial charge in [0.25, 0.3) is 5.69 Å². The molecule has 0 atom stereocenters. The van der Waals surface area contributed by atoms with Gasteiger partial charge in [0, 0.05) is 27.3 Å². The van der Waals surface area contributed by atoms with Crippen molar-refractivity contribution in [2.75, 3.05) is 7.11 Å². The quantitative estimate of drug-likeness (QED) is 0.818. The summed E-state index contributed by atoms with van der Waals surface area (Å²) in [5, 5.41) is 11.6. The van der Waals surface area contributed by atoms with Crippen molar-refractivity contribution in [2.45, 2.75) is 0 Å². The number of ether oxygens (including phenoxy) is 1. The van der Waals surface area contributed by atoms with Gasteiger partial charge in [-0.15, -0.1) is 0 Å². The predicted molar refractivity (Wildman–Crippen MR) is 56.9 cm³/mol. The van der Waals surface area contributed by atoms with Crippen molar-refractivity contribution in [3.8, 4) is 17.3 Å². The first kappa shape index (κ1) is 10.2. The van der Waals surface area contributed by atoms with Gasteiger partial charge in [0.05, 0.1) is 11.6 Å². The lowest BCUT2D eigenvalue weighted by Gasteiger charge is -2.00. The molecule has 1 N–H and O–H groups in total. The first-order valence-electron chi connectivity index (χ1n) is 4.12. The Morgan fingerprint density at radius 3 is 2.93 bits per heavy atom. The van der Waals surface area contributed by atoms with Crippen LogP contribution in [0, 0.1) is 0 Å². The number of rotatable bonds is 2. The maximum Gasteiger partial charge on any atom is 0.410 e. The van der Waals surface area contributed by atoms with Gasteiger partial charge < -0.3 is 9.84 Å². The van der Waals surface area contributed by atoms with Gasteiger partial charge in [0.2, 0.25) is 0 Å². The SMILES string of the molecule is COc1ccc(Cl)cc1-[n+]1nscc1O. The Labute approximate surface area is 95.5 Å². The third kappa shape index (κ3) is 1.88. The van der Waals surface area contributed by atoms with E-state index < -0.39 is 0 Å². The fourth-order valence-corrected chi connectivity index (χ4v) is 1.88. The highest BCUT2D eigenvalue weighted by molar-refractivity contribution is 7.03. The molecule has 2 rings (SSSR count). The van der Waals surface area contributed by atoms with Crippen molar-refractivity contribution in [1.29, 1.82) is 0 Å². The molecule has 4 nitrogen and oxygen atoms in total. The Kier molecular flexibility index (Phi) is 2.75. The lowest BCUT2D eigenvalue weighted by molar-refractivity contribution is -0.657. The summed E-state index contributed by atoms with van der Waals surface area (Å²) >= 11 is 7.02. The molecular weight excluding hydrogens is 236 g/mol. The molecular formula is C9H8ClN2O2S+. The summed E-state index contributed by atoms with van der Waals surface area (Å²) in [6.07, 6.45) is 0. The molecule has 1 aromatic carbocycles. The molecule has 1 heterocycles. The average Bonchev–Trinajstić information content (AvgIpc) is 2.64. The molecule has 0 spiro atoms. The molecule has 0 aliphatic carbocycles. The van der Waals surface area contributed by atoms with Crippen LogP contribution in [0.5, 0.6) is 11.6 Å². The van der Waals surface area contributed by atoms with E-state index in [0.29, 0.717) is 16.5 Å². The Morgan fingerprint density at radius 2 is 2.33 bits per heavy atom. The number of hydrogen-bond donors (Lipinski definition) is 1. The number of benzene rings is 1. The van der Waals surface area contributed by atoms with E-state index in [1.807, 2.05) is 0 Å². The summed E-state index contributed by atoms with van der Waals surface area (Å²) in [6.45, 7) is 0. The van der Waals surface area contributed by atoms with Gasteiger partial charge in [0.15, 0.2) is 5.75 Å². The van der Waals surface area contributed by atoms with E-state index in [9.17, 15) is 5.11 Å². The van der Waals surface area contributed by atoms with Gasteiger partial charge in [-0.3, -0.25) is 0 Å². The first-order valence-corrected chi connectivity index (χ1v) is 5.33. The van der Waals surface area contributed by atoms with Crippen molar-refractivity contribution >= 4 is 23.1 Å². The van der Waals surface area contributed by atoms with Crippen LogP contribution < -0.4 is 9.42 Å². The highest BCUT2D eigenvalue weighted by Gasteiger charge is 2.22. The zero-order chi connectivity index (χ0) is 10.8. The lowest BCUT2D eigenvalue weighted by atomic mass is 10.3. The molecule has 0 amide bonds. The molecule has 0 saturated heterocycles. The highest BCUT2D eigenvalue weighted by Crippen LogP contribution is 2.23. The van der Waals surface area contributed by atoms with Crippen LogP contribution in [-0.4, -0.2) is 16.7 Å². The molecule has 0 saturated carbocycles. The zero-order valence-electron chi connectivity index (χ0n) is 7.85. The summed E-state index contributed by atoms with van der Waals surface area (Å²) in [5.41, 5.74) is 0.615. The largest absolute Gasteiger partial charge is 0.490 e. The van der Waals surface area contributed by atoms with E-state index in [1.165, 1.54) is 10.1 Å². The van der Waals surface area contributed by atoms with E-state index in [2.05, 4.69) is 4.49 Å². The zero-order valence-corrected chi connectivity index (χ0v) is 9.42. The van der Waals surface area contributed by atoms with Crippen LogP contribution in [-0.2, 0) is 0 Å². The number of halogens is 1. The molecule has 2 aromatic rings. The normalized spacial score (nSPS) is 10.3. The summed E-state index contributed by atoms with van der Waals surface area (Å²) < 4.78 is 10.5. The third-order valence-electron chi connectivity index (χ3n) is 1.87. The van der Waals surface area contributed by atoms with Crippen LogP contribution in [0.3, 0.4) is 0 Å². The van der Waals surface area contributed by atoms with Crippen molar-refractivity contribution in [3.05, 3.63) is 28.6 Å². The summed E-state index contributed by atoms with van der Waals surface area (Å²) in [4.78, 5) is 0. The topological polar surface area (TPSA) is 46.2 Å². The molecule has 78 valence electrons. The molecule has 0 bridgehead atoms. The molecule has 1 aromatic heterocycles.